The molecule has 6 nitrogen and oxygen atoms in total. The van der Waals surface area contributed by atoms with Crippen LogP contribution in [0, 0.1) is 12.8 Å². The van der Waals surface area contributed by atoms with Crippen LogP contribution in [0.4, 0.5) is 10.5 Å². The summed E-state index contributed by atoms with van der Waals surface area (Å²) in [7, 11) is 0. The number of nitrogens with zero attached hydrogens (tertiary/aromatic N) is 2. The van der Waals surface area contributed by atoms with Gasteiger partial charge in [0.05, 0.1) is 5.56 Å². The first-order valence-electron chi connectivity index (χ1n) is 10.8. The first-order valence-corrected chi connectivity index (χ1v) is 10.8. The van der Waals surface area contributed by atoms with E-state index in [2.05, 4.69) is 22.3 Å². The van der Waals surface area contributed by atoms with Gasteiger partial charge in [0.15, 0.2) is 0 Å². The van der Waals surface area contributed by atoms with E-state index in [9.17, 15) is 9.59 Å². The number of benzene rings is 1. The topological polar surface area (TPSA) is 61.9 Å². The molecule has 2 saturated heterocycles. The molecule has 0 radical (unpaired) electrons. The van der Waals surface area contributed by atoms with Gasteiger partial charge in [0.25, 0.3) is 5.91 Å². The van der Waals surface area contributed by atoms with Crippen LogP contribution < -0.4 is 10.2 Å². The van der Waals surface area contributed by atoms with Gasteiger partial charge in [-0.25, -0.2) is 4.79 Å². The molecular formula is C23H35N3O3. The van der Waals surface area contributed by atoms with E-state index in [4.69, 9.17) is 4.74 Å². The maximum absolute atomic E-state index is 13.4. The van der Waals surface area contributed by atoms with Gasteiger partial charge in [-0.2, -0.15) is 0 Å². The Bertz CT molecular complexity index is 735. The van der Waals surface area contributed by atoms with Crippen LogP contribution in [0.15, 0.2) is 18.2 Å². The Morgan fingerprint density at radius 2 is 1.86 bits per heavy atom. The van der Waals surface area contributed by atoms with Crippen LogP contribution in [0.2, 0.25) is 0 Å². The van der Waals surface area contributed by atoms with Crippen molar-refractivity contribution in [3.63, 3.8) is 0 Å². The molecule has 1 unspecified atom stereocenters. The molecule has 0 aliphatic carbocycles. The van der Waals surface area contributed by atoms with Crippen molar-refractivity contribution in [2.24, 2.45) is 5.92 Å². The molecule has 1 aromatic carbocycles. The zero-order chi connectivity index (χ0) is 21.0. The number of piperidine rings is 1. The van der Waals surface area contributed by atoms with E-state index in [0.717, 1.165) is 49.3 Å². The smallest absolute Gasteiger partial charge is 0.407 e. The van der Waals surface area contributed by atoms with Crippen molar-refractivity contribution in [2.75, 3.05) is 37.6 Å². The van der Waals surface area contributed by atoms with Gasteiger partial charge in [-0.3, -0.25) is 4.79 Å². The van der Waals surface area contributed by atoms with E-state index < -0.39 is 11.7 Å². The summed E-state index contributed by atoms with van der Waals surface area (Å²) < 4.78 is 5.32. The molecule has 0 aromatic heterocycles. The monoisotopic (exact) mass is 401 g/mol. The van der Waals surface area contributed by atoms with Gasteiger partial charge in [-0.1, -0.05) is 11.6 Å². The van der Waals surface area contributed by atoms with Crippen LogP contribution in [0.5, 0.6) is 0 Å². The number of alkyl carbamates (subject to hydrolysis) is 1. The van der Waals surface area contributed by atoms with Crippen molar-refractivity contribution in [3.8, 4) is 0 Å². The van der Waals surface area contributed by atoms with Crippen LogP contribution in [-0.4, -0.2) is 55.2 Å². The van der Waals surface area contributed by atoms with Crippen LogP contribution in [-0.2, 0) is 4.74 Å². The van der Waals surface area contributed by atoms with Crippen molar-refractivity contribution in [3.05, 3.63) is 29.3 Å². The second-order valence-electron chi connectivity index (χ2n) is 9.36. The van der Waals surface area contributed by atoms with E-state index in [1.54, 1.807) is 0 Å². The minimum Gasteiger partial charge on any atom is -0.444 e. The lowest BCUT2D eigenvalue weighted by atomic mass is 9.96. The number of anilines is 1. The first kappa shape index (κ1) is 21.5. The fourth-order valence-corrected chi connectivity index (χ4v) is 4.18. The highest BCUT2D eigenvalue weighted by Crippen LogP contribution is 2.28. The van der Waals surface area contributed by atoms with E-state index in [-0.39, 0.29) is 11.8 Å². The summed E-state index contributed by atoms with van der Waals surface area (Å²) in [6.45, 7) is 11.6. The molecule has 2 heterocycles. The summed E-state index contributed by atoms with van der Waals surface area (Å²) >= 11 is 0. The molecule has 3 rings (SSSR count). The molecular weight excluding hydrogens is 366 g/mol. The lowest BCUT2D eigenvalue weighted by Gasteiger charge is -2.34. The molecule has 2 aliphatic heterocycles. The summed E-state index contributed by atoms with van der Waals surface area (Å²) in [6, 6.07) is 6.21. The lowest BCUT2D eigenvalue weighted by Crippen LogP contribution is -2.44. The van der Waals surface area contributed by atoms with Crippen LogP contribution in [0.3, 0.4) is 0 Å². The standard InChI is InChI=1S/C23H35N3O3/c1-17-9-10-20(25-11-5-6-12-25)19(14-17)21(27)26-13-7-8-18(16-26)15-24-22(28)29-23(2,3)4/h9-10,14,18H,5-8,11-13,15-16H2,1-4H3,(H,24,28). The summed E-state index contributed by atoms with van der Waals surface area (Å²) in [5.74, 6) is 0.359. The largest absolute Gasteiger partial charge is 0.444 e. The van der Waals surface area contributed by atoms with E-state index in [1.165, 1.54) is 12.8 Å². The highest BCUT2D eigenvalue weighted by molar-refractivity contribution is 6.00. The Balaban J connectivity index is 1.64. The average Bonchev–Trinajstić information content (AvgIpc) is 3.19. The van der Waals surface area contributed by atoms with Crippen molar-refractivity contribution in [1.29, 1.82) is 0 Å². The normalized spacial score (nSPS) is 19.9. The molecule has 6 heteroatoms. The number of hydrogen-bond donors (Lipinski definition) is 1. The number of aryl methyl sites for hydroxylation is 1. The first-order chi connectivity index (χ1) is 13.7. The van der Waals surface area contributed by atoms with Gasteiger partial charge in [0.1, 0.15) is 5.60 Å². The maximum Gasteiger partial charge on any atom is 0.407 e. The third kappa shape index (κ3) is 5.87. The number of nitrogens with one attached hydrogen (secondary N) is 1. The van der Waals surface area contributed by atoms with E-state index >= 15 is 0 Å². The zero-order valence-corrected chi connectivity index (χ0v) is 18.3. The molecule has 2 amide bonds. The summed E-state index contributed by atoms with van der Waals surface area (Å²) in [4.78, 5) is 29.6. The number of hydrogen-bond acceptors (Lipinski definition) is 4. The Kier molecular flexibility index (Phi) is 6.70. The Labute approximate surface area is 174 Å². The minimum atomic E-state index is -0.504. The highest BCUT2D eigenvalue weighted by Gasteiger charge is 2.28. The van der Waals surface area contributed by atoms with Crippen molar-refractivity contribution < 1.29 is 14.3 Å². The lowest BCUT2D eigenvalue weighted by molar-refractivity contribution is 0.0502. The second-order valence-corrected chi connectivity index (χ2v) is 9.36. The SMILES string of the molecule is Cc1ccc(N2CCCC2)c(C(=O)N2CCCC(CNC(=O)OC(C)(C)C)C2)c1. The maximum atomic E-state index is 13.4. The van der Waals surface area contributed by atoms with Gasteiger partial charge < -0.3 is 19.9 Å². The number of carbonyl (C=O) groups is 2. The van der Waals surface area contributed by atoms with Crippen molar-refractivity contribution in [1.82, 2.24) is 10.2 Å². The van der Waals surface area contributed by atoms with E-state index in [1.807, 2.05) is 38.7 Å². The fraction of sp³-hybridized carbons (Fsp3) is 0.652. The molecule has 160 valence electrons. The molecule has 2 fully saturated rings. The Morgan fingerprint density at radius 1 is 1.14 bits per heavy atom. The molecule has 1 aromatic rings. The molecule has 0 bridgehead atoms. The number of ether oxygens (including phenoxy) is 1. The van der Waals surface area contributed by atoms with Gasteiger partial charge in [0, 0.05) is 38.4 Å². The predicted molar refractivity (Wildman–Crippen MR) is 115 cm³/mol. The van der Waals surface area contributed by atoms with Crippen molar-refractivity contribution >= 4 is 17.7 Å². The molecule has 1 atom stereocenters. The second kappa shape index (κ2) is 9.06. The number of rotatable bonds is 4. The minimum absolute atomic E-state index is 0.109. The van der Waals surface area contributed by atoms with Gasteiger partial charge in [-0.05, 0) is 71.4 Å². The quantitative estimate of drug-likeness (QED) is 0.829. The summed E-state index contributed by atoms with van der Waals surface area (Å²) in [5.41, 5.74) is 2.48. The van der Waals surface area contributed by atoms with Gasteiger partial charge >= 0.3 is 6.09 Å². The molecule has 1 N–H and O–H groups in total. The number of amides is 2. The number of likely N-dealkylation sites (tertiary alicyclic amines) is 1. The number of carbonyl (C=O) groups excluding carboxylic acids is 2. The Morgan fingerprint density at radius 3 is 2.55 bits per heavy atom. The summed E-state index contributed by atoms with van der Waals surface area (Å²) in [6.07, 6.45) is 3.94. The zero-order valence-electron chi connectivity index (χ0n) is 18.3. The predicted octanol–water partition coefficient (Wildman–Crippen LogP) is 3.97. The van der Waals surface area contributed by atoms with Crippen LogP contribution in [0.1, 0.15) is 62.4 Å². The van der Waals surface area contributed by atoms with Crippen molar-refractivity contribution in [2.45, 2.75) is 59.0 Å². The highest BCUT2D eigenvalue weighted by atomic mass is 16.6. The van der Waals surface area contributed by atoms with Crippen LogP contribution >= 0.6 is 0 Å². The third-order valence-corrected chi connectivity index (χ3v) is 5.57. The fourth-order valence-electron chi connectivity index (χ4n) is 4.18. The average molecular weight is 402 g/mol. The molecule has 2 aliphatic rings. The third-order valence-electron chi connectivity index (χ3n) is 5.57. The molecule has 29 heavy (non-hydrogen) atoms. The van der Waals surface area contributed by atoms with Gasteiger partial charge in [0.2, 0.25) is 0 Å². The molecule has 0 spiro atoms. The Hall–Kier alpha value is -2.24. The molecule has 0 saturated carbocycles. The van der Waals surface area contributed by atoms with Crippen LogP contribution in [0.25, 0.3) is 0 Å². The van der Waals surface area contributed by atoms with E-state index in [0.29, 0.717) is 13.1 Å². The summed E-state index contributed by atoms with van der Waals surface area (Å²) in [5, 5.41) is 2.87. The van der Waals surface area contributed by atoms with Gasteiger partial charge in [-0.15, -0.1) is 0 Å².